The van der Waals surface area contributed by atoms with Crippen molar-refractivity contribution in [3.8, 4) is 0 Å². The molecule has 0 spiro atoms. The average molecular weight is 390 g/mol. The maximum atomic E-state index is 13.0. The molecular weight excluding hydrogens is 380 g/mol. The van der Waals surface area contributed by atoms with Gasteiger partial charge in [-0.15, -0.1) is 11.6 Å². The molecular formula is C14H10ClFINO. The molecule has 0 saturated heterocycles. The van der Waals surface area contributed by atoms with E-state index < -0.39 is 5.38 Å². The molecule has 2 aromatic carbocycles. The second-order valence-electron chi connectivity index (χ2n) is 3.89. The van der Waals surface area contributed by atoms with Crippen LogP contribution in [0.15, 0.2) is 48.5 Å². The van der Waals surface area contributed by atoms with Crippen LogP contribution in [-0.2, 0) is 4.79 Å². The van der Waals surface area contributed by atoms with Crippen LogP contribution in [0, 0.1) is 9.39 Å². The summed E-state index contributed by atoms with van der Waals surface area (Å²) >= 11 is 8.06. The minimum Gasteiger partial charge on any atom is -0.324 e. The number of carbonyl (C=O) groups excluding carboxylic acids is 1. The van der Waals surface area contributed by atoms with Crippen LogP contribution in [0.25, 0.3) is 0 Å². The van der Waals surface area contributed by atoms with Crippen molar-refractivity contribution in [2.45, 2.75) is 5.38 Å². The highest BCUT2D eigenvalue weighted by atomic mass is 127. The molecule has 0 aliphatic rings. The quantitative estimate of drug-likeness (QED) is 0.614. The maximum absolute atomic E-state index is 13.0. The number of rotatable bonds is 3. The summed E-state index contributed by atoms with van der Waals surface area (Å²) in [5.41, 5.74) is 1.27. The first kappa shape index (κ1) is 14.3. The van der Waals surface area contributed by atoms with E-state index in [0.29, 0.717) is 9.26 Å². The number of alkyl halides is 1. The minimum atomic E-state index is -0.776. The van der Waals surface area contributed by atoms with Crippen molar-refractivity contribution < 1.29 is 9.18 Å². The number of hydrogen-bond donors (Lipinski definition) is 1. The van der Waals surface area contributed by atoms with Gasteiger partial charge in [0.05, 0.1) is 5.69 Å². The van der Waals surface area contributed by atoms with Gasteiger partial charge in [-0.25, -0.2) is 4.39 Å². The standard InChI is InChI=1S/C14H10ClFINO/c15-13(9-4-2-1-3-5-9)14(19)18-12-7-6-10(16)8-11(12)17/h1-8,13H,(H,18,19). The van der Waals surface area contributed by atoms with Crippen molar-refractivity contribution in [3.05, 3.63) is 63.5 Å². The first-order valence-corrected chi connectivity index (χ1v) is 7.04. The topological polar surface area (TPSA) is 29.1 Å². The highest BCUT2D eigenvalue weighted by Crippen LogP contribution is 2.24. The van der Waals surface area contributed by atoms with Gasteiger partial charge >= 0.3 is 0 Å². The van der Waals surface area contributed by atoms with Crippen molar-refractivity contribution in [2.75, 3.05) is 5.32 Å². The van der Waals surface area contributed by atoms with E-state index >= 15 is 0 Å². The maximum Gasteiger partial charge on any atom is 0.247 e. The Morgan fingerprint density at radius 3 is 2.53 bits per heavy atom. The van der Waals surface area contributed by atoms with Crippen LogP contribution in [-0.4, -0.2) is 5.91 Å². The van der Waals surface area contributed by atoms with Crippen LogP contribution in [0.2, 0.25) is 0 Å². The number of amides is 1. The van der Waals surface area contributed by atoms with Gasteiger partial charge in [0.2, 0.25) is 5.91 Å². The van der Waals surface area contributed by atoms with E-state index in [1.54, 1.807) is 12.1 Å². The van der Waals surface area contributed by atoms with E-state index in [1.807, 2.05) is 40.8 Å². The number of carbonyl (C=O) groups is 1. The third-order valence-corrected chi connectivity index (χ3v) is 3.85. The number of halogens is 3. The highest BCUT2D eigenvalue weighted by molar-refractivity contribution is 14.1. The van der Waals surface area contributed by atoms with E-state index in [4.69, 9.17) is 11.6 Å². The number of anilines is 1. The van der Waals surface area contributed by atoms with Gasteiger partial charge in [0, 0.05) is 3.57 Å². The highest BCUT2D eigenvalue weighted by Gasteiger charge is 2.18. The number of hydrogen-bond acceptors (Lipinski definition) is 1. The largest absolute Gasteiger partial charge is 0.324 e. The summed E-state index contributed by atoms with van der Waals surface area (Å²) in [7, 11) is 0. The van der Waals surface area contributed by atoms with Crippen LogP contribution < -0.4 is 5.32 Å². The molecule has 1 unspecified atom stereocenters. The van der Waals surface area contributed by atoms with Gasteiger partial charge in [-0.1, -0.05) is 30.3 Å². The molecule has 2 aromatic rings. The summed E-state index contributed by atoms with van der Waals surface area (Å²) in [5.74, 6) is -0.676. The average Bonchev–Trinajstić information content (AvgIpc) is 2.42. The Hall–Kier alpha value is -1.14. The van der Waals surface area contributed by atoms with E-state index in [2.05, 4.69) is 5.32 Å². The summed E-state index contributed by atoms with van der Waals surface area (Å²) in [5, 5.41) is 1.91. The molecule has 0 bridgehead atoms. The third kappa shape index (κ3) is 3.67. The van der Waals surface area contributed by atoms with Crippen molar-refractivity contribution >= 4 is 45.8 Å². The summed E-state index contributed by atoms with van der Waals surface area (Å²) in [6.07, 6.45) is 0. The van der Waals surface area contributed by atoms with Crippen molar-refractivity contribution in [1.82, 2.24) is 0 Å². The number of nitrogens with one attached hydrogen (secondary N) is 1. The molecule has 19 heavy (non-hydrogen) atoms. The lowest BCUT2D eigenvalue weighted by molar-refractivity contribution is -0.116. The zero-order valence-corrected chi connectivity index (χ0v) is 12.7. The van der Waals surface area contributed by atoms with E-state index in [0.717, 1.165) is 5.56 Å². The van der Waals surface area contributed by atoms with Crippen LogP contribution in [0.5, 0.6) is 0 Å². The Morgan fingerprint density at radius 1 is 1.21 bits per heavy atom. The van der Waals surface area contributed by atoms with Crippen LogP contribution in [0.3, 0.4) is 0 Å². The molecule has 0 fully saturated rings. The second-order valence-corrected chi connectivity index (χ2v) is 5.49. The zero-order chi connectivity index (χ0) is 13.8. The van der Waals surface area contributed by atoms with E-state index in [1.165, 1.54) is 18.2 Å². The second kappa shape index (κ2) is 6.34. The van der Waals surface area contributed by atoms with Gasteiger partial charge in [-0.2, -0.15) is 0 Å². The summed E-state index contributed by atoms with van der Waals surface area (Å²) in [4.78, 5) is 12.0. The van der Waals surface area contributed by atoms with E-state index in [-0.39, 0.29) is 11.7 Å². The zero-order valence-electron chi connectivity index (χ0n) is 9.74. The molecule has 5 heteroatoms. The molecule has 98 valence electrons. The smallest absolute Gasteiger partial charge is 0.247 e. The van der Waals surface area contributed by atoms with Crippen LogP contribution in [0.4, 0.5) is 10.1 Å². The van der Waals surface area contributed by atoms with Gasteiger partial charge in [-0.05, 0) is 46.4 Å². The normalized spacial score (nSPS) is 11.9. The fourth-order valence-corrected chi connectivity index (χ4v) is 2.37. The van der Waals surface area contributed by atoms with Crippen molar-refractivity contribution in [2.24, 2.45) is 0 Å². The van der Waals surface area contributed by atoms with Gasteiger partial charge in [0.1, 0.15) is 11.2 Å². The molecule has 2 nitrogen and oxygen atoms in total. The molecule has 0 aliphatic heterocycles. The van der Waals surface area contributed by atoms with Crippen LogP contribution in [0.1, 0.15) is 10.9 Å². The van der Waals surface area contributed by atoms with E-state index in [9.17, 15) is 9.18 Å². The lowest BCUT2D eigenvalue weighted by atomic mass is 10.1. The lowest BCUT2D eigenvalue weighted by Gasteiger charge is -2.12. The molecule has 0 aliphatic carbocycles. The molecule has 1 N–H and O–H groups in total. The molecule has 2 rings (SSSR count). The Kier molecular flexibility index (Phi) is 4.76. The summed E-state index contributed by atoms with van der Waals surface area (Å²) < 4.78 is 13.6. The Labute approximate surface area is 129 Å². The SMILES string of the molecule is O=C(Nc1ccc(F)cc1I)C(Cl)c1ccccc1. The molecule has 1 atom stereocenters. The fourth-order valence-electron chi connectivity index (χ4n) is 1.56. The Bertz CT molecular complexity index is 591. The van der Waals surface area contributed by atoms with Crippen molar-refractivity contribution in [1.29, 1.82) is 0 Å². The number of benzene rings is 2. The monoisotopic (exact) mass is 389 g/mol. The minimum absolute atomic E-state index is 0.336. The Balaban J connectivity index is 2.13. The molecule has 0 radical (unpaired) electrons. The fraction of sp³-hybridized carbons (Fsp3) is 0.0714. The van der Waals surface area contributed by atoms with Gasteiger partial charge < -0.3 is 5.32 Å². The molecule has 1 amide bonds. The lowest BCUT2D eigenvalue weighted by Crippen LogP contribution is -2.18. The third-order valence-electron chi connectivity index (χ3n) is 2.51. The first-order chi connectivity index (χ1) is 9.08. The Morgan fingerprint density at radius 2 is 1.89 bits per heavy atom. The predicted molar refractivity (Wildman–Crippen MR) is 82.8 cm³/mol. The first-order valence-electron chi connectivity index (χ1n) is 5.53. The van der Waals surface area contributed by atoms with Gasteiger partial charge in [-0.3, -0.25) is 4.79 Å². The molecule has 0 heterocycles. The van der Waals surface area contributed by atoms with Crippen molar-refractivity contribution in [3.63, 3.8) is 0 Å². The molecule has 0 saturated carbocycles. The van der Waals surface area contributed by atoms with Crippen LogP contribution >= 0.6 is 34.2 Å². The molecule has 0 aromatic heterocycles. The van der Waals surface area contributed by atoms with Gasteiger partial charge in [0.15, 0.2) is 0 Å². The van der Waals surface area contributed by atoms with Gasteiger partial charge in [0.25, 0.3) is 0 Å². The summed E-state index contributed by atoms with van der Waals surface area (Å²) in [6, 6.07) is 13.2. The predicted octanol–water partition coefficient (Wildman–Crippen LogP) is 4.35. The summed E-state index contributed by atoms with van der Waals surface area (Å²) in [6.45, 7) is 0.